The highest BCUT2D eigenvalue weighted by Gasteiger charge is 2.51. The van der Waals surface area contributed by atoms with Crippen LogP contribution >= 0.6 is 11.8 Å². The Morgan fingerprint density at radius 1 is 1.41 bits per heavy atom. The fourth-order valence-corrected chi connectivity index (χ4v) is 4.64. The molecule has 17 heavy (non-hydrogen) atoms. The molecule has 98 valence electrons. The Bertz CT molecular complexity index is 313. The van der Waals surface area contributed by atoms with Crippen molar-refractivity contribution in [2.75, 3.05) is 26.2 Å². The zero-order chi connectivity index (χ0) is 12.7. The summed E-state index contributed by atoms with van der Waals surface area (Å²) in [6, 6.07) is 0. The van der Waals surface area contributed by atoms with E-state index in [1.807, 2.05) is 0 Å². The number of likely N-dealkylation sites (tertiary alicyclic amines) is 1. The van der Waals surface area contributed by atoms with E-state index in [0.717, 1.165) is 19.5 Å². The van der Waals surface area contributed by atoms with Crippen molar-refractivity contribution < 1.29 is 4.79 Å². The van der Waals surface area contributed by atoms with Gasteiger partial charge in [0.25, 0.3) is 0 Å². The lowest BCUT2D eigenvalue weighted by atomic mass is 9.96. The number of nitrogens with zero attached hydrogens (tertiary/aromatic N) is 2. The molecule has 0 radical (unpaired) electrons. The molecule has 2 aliphatic heterocycles. The van der Waals surface area contributed by atoms with Crippen LogP contribution in [0.5, 0.6) is 0 Å². The van der Waals surface area contributed by atoms with E-state index in [1.54, 1.807) is 11.8 Å². The van der Waals surface area contributed by atoms with Gasteiger partial charge in [0.05, 0.1) is 11.4 Å². The number of hydrogen-bond acceptors (Lipinski definition) is 4. The fourth-order valence-electron chi connectivity index (χ4n) is 3.08. The lowest BCUT2D eigenvalue weighted by Crippen LogP contribution is -2.59. The van der Waals surface area contributed by atoms with Gasteiger partial charge in [-0.2, -0.15) is 0 Å². The molecule has 4 heteroatoms. The van der Waals surface area contributed by atoms with E-state index >= 15 is 0 Å². The maximum atomic E-state index is 11.9. The van der Waals surface area contributed by atoms with Crippen molar-refractivity contribution in [1.29, 1.82) is 0 Å². The van der Waals surface area contributed by atoms with Gasteiger partial charge in [-0.1, -0.05) is 18.7 Å². The van der Waals surface area contributed by atoms with Crippen LogP contribution in [0.15, 0.2) is 0 Å². The molecule has 0 bridgehead atoms. The van der Waals surface area contributed by atoms with Gasteiger partial charge in [0.15, 0.2) is 0 Å². The standard InChI is InChI=1S/C13H24N2OS/c1-5-14-8-6-7-13(10-14)15(12(2,3)4)9-11(16)17-13/h5-10H2,1-4H3. The Morgan fingerprint density at radius 3 is 2.71 bits per heavy atom. The lowest BCUT2D eigenvalue weighted by molar-refractivity contribution is -0.112. The van der Waals surface area contributed by atoms with Gasteiger partial charge in [0.2, 0.25) is 5.12 Å². The van der Waals surface area contributed by atoms with Crippen LogP contribution in [0.4, 0.5) is 0 Å². The topological polar surface area (TPSA) is 23.6 Å². The van der Waals surface area contributed by atoms with Crippen molar-refractivity contribution in [3.8, 4) is 0 Å². The molecule has 0 aromatic rings. The van der Waals surface area contributed by atoms with Crippen LogP contribution in [-0.2, 0) is 4.79 Å². The minimum atomic E-state index is 0.0452. The molecule has 0 aliphatic carbocycles. The molecular formula is C13H24N2OS. The van der Waals surface area contributed by atoms with Gasteiger partial charge in [0.1, 0.15) is 0 Å². The molecule has 2 fully saturated rings. The number of hydrogen-bond donors (Lipinski definition) is 0. The third kappa shape index (κ3) is 2.54. The molecule has 0 N–H and O–H groups in total. The van der Waals surface area contributed by atoms with Crippen LogP contribution in [0.25, 0.3) is 0 Å². The number of carbonyl (C=O) groups is 1. The zero-order valence-corrected chi connectivity index (χ0v) is 12.3. The van der Waals surface area contributed by atoms with Crippen LogP contribution in [0.3, 0.4) is 0 Å². The second-order valence-corrected chi connectivity index (χ2v) is 7.57. The summed E-state index contributed by atoms with van der Waals surface area (Å²) in [5.74, 6) is 0. The first-order valence-corrected chi connectivity index (χ1v) is 7.41. The summed E-state index contributed by atoms with van der Waals surface area (Å²) >= 11 is 1.59. The van der Waals surface area contributed by atoms with E-state index in [9.17, 15) is 4.79 Å². The summed E-state index contributed by atoms with van der Waals surface area (Å²) in [5, 5.41) is 0.345. The third-order valence-corrected chi connectivity index (χ3v) is 5.14. The van der Waals surface area contributed by atoms with Crippen molar-refractivity contribution in [1.82, 2.24) is 9.80 Å². The fraction of sp³-hybridized carbons (Fsp3) is 0.923. The average Bonchev–Trinajstić information content (AvgIpc) is 2.55. The highest BCUT2D eigenvalue weighted by molar-refractivity contribution is 8.15. The van der Waals surface area contributed by atoms with Crippen LogP contribution in [0.1, 0.15) is 40.5 Å². The summed E-state index contributed by atoms with van der Waals surface area (Å²) < 4.78 is 0. The van der Waals surface area contributed by atoms with Gasteiger partial charge in [-0.15, -0.1) is 0 Å². The van der Waals surface area contributed by atoms with Gasteiger partial charge >= 0.3 is 0 Å². The molecule has 2 heterocycles. The summed E-state index contributed by atoms with van der Waals surface area (Å²) in [6.07, 6.45) is 2.36. The van der Waals surface area contributed by atoms with E-state index in [0.29, 0.717) is 11.7 Å². The Hall–Kier alpha value is -0.0600. The van der Waals surface area contributed by atoms with Crippen molar-refractivity contribution in [2.45, 2.75) is 50.9 Å². The predicted octanol–water partition coefficient (Wildman–Crippen LogP) is 2.17. The van der Waals surface area contributed by atoms with Crippen LogP contribution in [0.2, 0.25) is 0 Å². The van der Waals surface area contributed by atoms with Crippen molar-refractivity contribution in [2.24, 2.45) is 0 Å². The average molecular weight is 256 g/mol. The number of thioether (sulfide) groups is 1. The Balaban J connectivity index is 2.24. The molecule has 0 saturated carbocycles. The Kier molecular flexibility index (Phi) is 3.59. The number of carbonyl (C=O) groups excluding carboxylic acids is 1. The van der Waals surface area contributed by atoms with E-state index in [4.69, 9.17) is 0 Å². The van der Waals surface area contributed by atoms with Gasteiger partial charge < -0.3 is 4.90 Å². The molecular weight excluding hydrogens is 232 g/mol. The largest absolute Gasteiger partial charge is 0.301 e. The maximum absolute atomic E-state index is 11.9. The first kappa shape index (κ1) is 13.4. The molecule has 1 spiro atoms. The van der Waals surface area contributed by atoms with Gasteiger partial charge in [-0.3, -0.25) is 9.69 Å². The van der Waals surface area contributed by atoms with Gasteiger partial charge in [0, 0.05) is 12.1 Å². The molecule has 0 aromatic carbocycles. The van der Waals surface area contributed by atoms with Crippen molar-refractivity contribution in [3.63, 3.8) is 0 Å². The lowest BCUT2D eigenvalue weighted by Gasteiger charge is -2.49. The van der Waals surface area contributed by atoms with E-state index < -0.39 is 0 Å². The summed E-state index contributed by atoms with van der Waals surface area (Å²) in [5.41, 5.74) is 0.0793. The molecule has 0 amide bonds. The Morgan fingerprint density at radius 2 is 2.12 bits per heavy atom. The number of likely N-dealkylation sites (N-methyl/N-ethyl adjacent to an activating group) is 1. The minimum Gasteiger partial charge on any atom is -0.301 e. The van der Waals surface area contributed by atoms with Crippen LogP contribution < -0.4 is 0 Å². The molecule has 1 unspecified atom stereocenters. The highest BCUT2D eigenvalue weighted by Crippen LogP contribution is 2.46. The quantitative estimate of drug-likeness (QED) is 0.717. The Labute approximate surface area is 109 Å². The maximum Gasteiger partial charge on any atom is 0.204 e. The molecule has 0 aromatic heterocycles. The summed E-state index contributed by atoms with van der Waals surface area (Å²) in [6.45, 7) is 12.8. The second-order valence-electron chi connectivity index (χ2n) is 6.15. The predicted molar refractivity (Wildman–Crippen MR) is 73.1 cm³/mol. The SMILES string of the molecule is CCN1CCCC2(C1)SC(=O)CN2C(C)(C)C. The molecule has 2 rings (SSSR count). The zero-order valence-electron chi connectivity index (χ0n) is 11.5. The molecule has 2 aliphatic rings. The number of piperidine rings is 1. The first-order valence-electron chi connectivity index (χ1n) is 6.59. The van der Waals surface area contributed by atoms with Crippen LogP contribution in [-0.4, -0.2) is 51.5 Å². The first-order chi connectivity index (χ1) is 7.87. The monoisotopic (exact) mass is 256 g/mol. The van der Waals surface area contributed by atoms with E-state index in [-0.39, 0.29) is 10.4 Å². The highest BCUT2D eigenvalue weighted by atomic mass is 32.2. The number of rotatable bonds is 1. The van der Waals surface area contributed by atoms with E-state index in [2.05, 4.69) is 37.5 Å². The van der Waals surface area contributed by atoms with Crippen LogP contribution in [0, 0.1) is 0 Å². The van der Waals surface area contributed by atoms with Gasteiger partial charge in [-0.25, -0.2) is 0 Å². The minimum absolute atomic E-state index is 0.0452. The van der Waals surface area contributed by atoms with Crippen molar-refractivity contribution >= 4 is 16.9 Å². The molecule has 3 nitrogen and oxygen atoms in total. The van der Waals surface area contributed by atoms with Crippen molar-refractivity contribution in [3.05, 3.63) is 0 Å². The van der Waals surface area contributed by atoms with E-state index in [1.165, 1.54) is 13.0 Å². The second kappa shape index (κ2) is 4.56. The molecule has 2 saturated heterocycles. The normalized spacial score (nSPS) is 32.6. The van der Waals surface area contributed by atoms with Gasteiger partial charge in [-0.05, 0) is 46.7 Å². The smallest absolute Gasteiger partial charge is 0.204 e. The summed E-state index contributed by atoms with van der Waals surface area (Å²) in [4.78, 5) is 16.8. The summed E-state index contributed by atoms with van der Waals surface area (Å²) in [7, 11) is 0. The third-order valence-electron chi connectivity index (χ3n) is 3.85. The molecule has 1 atom stereocenters.